The predicted molar refractivity (Wildman–Crippen MR) is 278 cm³/mol. The molecule has 2 saturated carbocycles. The first-order valence-corrected chi connectivity index (χ1v) is 26.4. The molecule has 0 aromatic carbocycles. The Morgan fingerprint density at radius 3 is 1.74 bits per heavy atom. The van der Waals surface area contributed by atoms with Crippen LogP contribution in [0.25, 0.3) is 0 Å². The van der Waals surface area contributed by atoms with Crippen LogP contribution in [0.3, 0.4) is 0 Å². The molecule has 442 valence electrons. The van der Waals surface area contributed by atoms with E-state index in [1.54, 1.807) is 110 Å². The Bertz CT molecular complexity index is 2070. The van der Waals surface area contributed by atoms with Gasteiger partial charge in [0, 0.05) is 25.0 Å². The number of hydrogen-bond acceptors (Lipinski definition) is 19. The second kappa shape index (κ2) is 25.5. The molecule has 2 heterocycles. The lowest BCUT2D eigenvalue weighted by Crippen LogP contribution is -2.71. The molecule has 77 heavy (non-hydrogen) atoms. The first kappa shape index (κ1) is 64.6. The number of carbonyl (C=O) groups is 6. The van der Waals surface area contributed by atoms with E-state index < -0.39 is 150 Å². The number of nitrogens with one attached hydrogen (secondary N) is 6. The Morgan fingerprint density at radius 1 is 0.701 bits per heavy atom. The van der Waals surface area contributed by atoms with Crippen molar-refractivity contribution in [2.75, 3.05) is 33.3 Å². The summed E-state index contributed by atoms with van der Waals surface area (Å²) >= 11 is 0. The van der Waals surface area contributed by atoms with E-state index in [9.17, 15) is 49.2 Å². The molecule has 0 aromatic heterocycles. The first-order valence-electron chi connectivity index (χ1n) is 26.4. The van der Waals surface area contributed by atoms with Crippen LogP contribution in [0.15, 0.2) is 11.8 Å². The van der Waals surface area contributed by atoms with Crippen molar-refractivity contribution in [3.63, 3.8) is 0 Å². The number of aliphatic hydroxyl groups is 4. The van der Waals surface area contributed by atoms with E-state index in [1.807, 2.05) is 0 Å². The molecular formula is C52H91N7O18. The summed E-state index contributed by atoms with van der Waals surface area (Å²) in [5, 5.41) is 64.8. The fraction of sp³-hybridized carbons (Fsp3) is 0.846. The van der Waals surface area contributed by atoms with Crippen molar-refractivity contribution in [1.82, 2.24) is 36.8 Å². The summed E-state index contributed by atoms with van der Waals surface area (Å²) in [7, 11) is 1.32. The molecule has 12 atom stereocenters. The summed E-state index contributed by atoms with van der Waals surface area (Å²) in [4.78, 5) is 80.6. The number of hydrogen-bond donors (Lipinski definition) is 10. The third-order valence-corrected chi connectivity index (χ3v) is 12.5. The van der Waals surface area contributed by atoms with Crippen LogP contribution in [0, 0.1) is 11.8 Å². The van der Waals surface area contributed by atoms with E-state index in [-0.39, 0.29) is 31.3 Å². The molecule has 4 aliphatic rings. The highest BCUT2D eigenvalue weighted by Gasteiger charge is 2.57. The highest BCUT2D eigenvalue weighted by molar-refractivity contribution is 5.82. The van der Waals surface area contributed by atoms with Crippen molar-refractivity contribution >= 4 is 36.4 Å². The standard InChI is InChI=1S/C52H91N7O18/c1-47(2,3)73-42(64)54-25-33(60)40(63)56-32-22-31(58-45(67)76-50(10,11)12)34(35(61)38(32)72-41-36(62)39(52(16,69)26-70-41)59(17)46(68)77-51(13,14)15)37-30(57-44(66)75-49(7,8)9)19-18-29(71-37)24-53-23-27-20-28(21-27)55-43(65)74-48(4,5)6/h18,27-28,30-39,41,53,60-62,69H,19-26H2,1-17H3,(H,54,64)(H,55,65)(H,56,63)(H,57,66)(H,58,67)/t27?,28?,30-,31+,32-,33+,34?,35+,36-,37+,38+,39-,41-,52+/m1/s1. The van der Waals surface area contributed by atoms with Gasteiger partial charge < -0.3 is 95.1 Å². The van der Waals surface area contributed by atoms with Gasteiger partial charge in [0.25, 0.3) is 5.91 Å². The minimum atomic E-state index is -1.90. The molecule has 3 fully saturated rings. The zero-order valence-electron chi connectivity index (χ0n) is 48.2. The Hall–Kier alpha value is -4.92. The molecule has 0 bridgehead atoms. The fourth-order valence-electron chi connectivity index (χ4n) is 9.45. The molecule has 2 aliphatic carbocycles. The smallest absolute Gasteiger partial charge is 0.410 e. The van der Waals surface area contributed by atoms with Gasteiger partial charge in [-0.15, -0.1) is 0 Å². The van der Waals surface area contributed by atoms with Gasteiger partial charge in [-0.05, 0) is 155 Å². The lowest BCUT2D eigenvalue weighted by Gasteiger charge is -2.52. The highest BCUT2D eigenvalue weighted by Crippen LogP contribution is 2.39. The van der Waals surface area contributed by atoms with E-state index in [4.69, 9.17) is 37.9 Å². The molecular weight excluding hydrogens is 1010 g/mol. The molecule has 6 amide bonds. The Balaban J connectivity index is 1.75. The molecule has 10 N–H and O–H groups in total. The molecule has 4 rings (SSSR count). The summed E-state index contributed by atoms with van der Waals surface area (Å²) < 4.78 is 46.7. The first-order chi connectivity index (χ1) is 35.1. The Kier molecular flexibility index (Phi) is 21.4. The van der Waals surface area contributed by atoms with Crippen molar-refractivity contribution in [2.24, 2.45) is 11.8 Å². The lowest BCUT2D eigenvalue weighted by molar-refractivity contribution is -0.305. The van der Waals surface area contributed by atoms with Gasteiger partial charge in [0.1, 0.15) is 63.8 Å². The lowest BCUT2D eigenvalue weighted by atomic mass is 9.72. The van der Waals surface area contributed by atoms with Crippen LogP contribution < -0.4 is 31.9 Å². The molecule has 1 saturated heterocycles. The third-order valence-electron chi connectivity index (χ3n) is 12.5. The molecule has 1 unspecified atom stereocenters. The average molecular weight is 1100 g/mol. The second-order valence-electron chi connectivity index (χ2n) is 25.8. The molecule has 25 heteroatoms. The maximum Gasteiger partial charge on any atom is 0.410 e. The Morgan fingerprint density at radius 2 is 1.21 bits per heavy atom. The van der Waals surface area contributed by atoms with Crippen LogP contribution in [0.1, 0.15) is 136 Å². The van der Waals surface area contributed by atoms with Gasteiger partial charge in [0.15, 0.2) is 6.29 Å². The van der Waals surface area contributed by atoms with E-state index in [0.717, 1.165) is 4.90 Å². The van der Waals surface area contributed by atoms with Gasteiger partial charge in [-0.1, -0.05) is 0 Å². The summed E-state index contributed by atoms with van der Waals surface area (Å²) in [6, 6.07) is -4.98. The van der Waals surface area contributed by atoms with Crippen molar-refractivity contribution < 1.29 is 87.1 Å². The second-order valence-corrected chi connectivity index (χ2v) is 25.8. The Labute approximate surface area is 453 Å². The molecule has 0 aromatic rings. The van der Waals surface area contributed by atoms with Crippen LogP contribution in [0.5, 0.6) is 0 Å². The average Bonchev–Trinajstić information content (AvgIpc) is 3.21. The predicted octanol–water partition coefficient (Wildman–Crippen LogP) is 3.18. The van der Waals surface area contributed by atoms with Gasteiger partial charge >= 0.3 is 30.5 Å². The summed E-state index contributed by atoms with van der Waals surface area (Å²) in [5.41, 5.74) is -6.31. The number of carbonyl (C=O) groups excluding carboxylic acids is 6. The summed E-state index contributed by atoms with van der Waals surface area (Å²) in [6.07, 6.45) is -11.1. The van der Waals surface area contributed by atoms with Gasteiger partial charge in [-0.25, -0.2) is 24.0 Å². The normalized spacial score (nSPS) is 30.3. The number of rotatable bonds is 15. The van der Waals surface area contributed by atoms with Crippen LogP contribution >= 0.6 is 0 Å². The van der Waals surface area contributed by atoms with E-state index >= 15 is 0 Å². The number of ether oxygens (including phenoxy) is 8. The number of alkyl carbamates (subject to hydrolysis) is 4. The highest BCUT2D eigenvalue weighted by atomic mass is 16.7. The maximum absolute atomic E-state index is 14.0. The van der Waals surface area contributed by atoms with E-state index in [2.05, 4.69) is 31.9 Å². The zero-order valence-corrected chi connectivity index (χ0v) is 48.2. The third kappa shape index (κ3) is 20.7. The van der Waals surface area contributed by atoms with Gasteiger partial charge in [0.2, 0.25) is 0 Å². The van der Waals surface area contributed by atoms with Gasteiger partial charge in [0.05, 0.1) is 43.9 Å². The molecule has 25 nitrogen and oxygen atoms in total. The summed E-state index contributed by atoms with van der Waals surface area (Å²) in [5.74, 6) is -1.69. The van der Waals surface area contributed by atoms with E-state index in [0.29, 0.717) is 25.1 Å². The summed E-state index contributed by atoms with van der Waals surface area (Å²) in [6.45, 7) is 26.2. The van der Waals surface area contributed by atoms with Crippen LogP contribution in [0.2, 0.25) is 0 Å². The molecule has 2 aliphatic heterocycles. The van der Waals surface area contributed by atoms with Crippen molar-refractivity contribution in [1.29, 1.82) is 0 Å². The minimum Gasteiger partial charge on any atom is -0.491 e. The zero-order chi connectivity index (χ0) is 58.4. The van der Waals surface area contributed by atoms with Gasteiger partial charge in [-0.3, -0.25) is 4.79 Å². The quantitative estimate of drug-likeness (QED) is 0.105. The van der Waals surface area contributed by atoms with Crippen LogP contribution in [0.4, 0.5) is 24.0 Å². The van der Waals surface area contributed by atoms with Crippen molar-refractivity contribution in [3.8, 4) is 0 Å². The largest absolute Gasteiger partial charge is 0.491 e. The van der Waals surface area contributed by atoms with Crippen LogP contribution in [-0.2, 0) is 42.7 Å². The monoisotopic (exact) mass is 1100 g/mol. The number of nitrogens with zero attached hydrogens (tertiary/aromatic N) is 1. The minimum absolute atomic E-state index is 0.0564. The SMILES string of the molecule is CN(C(=O)OC(C)(C)C)[C@@H]1[C@@H](O)[C@@H](O[C@H]2[C@H](NC(=O)[C@@H](O)CNC(=O)OC(C)(C)C)C[C@H](NC(=O)OC(C)(C)C)C([C@H]3OC(CNCC4CC(NC(=O)OC(C)(C)C)C4)=CC[C@H]3NC(=O)OC(C)(C)C)[C@@H]2O)OC[C@]1(C)O. The fourth-order valence-corrected chi connectivity index (χ4v) is 9.45. The molecule has 0 spiro atoms. The van der Waals surface area contributed by atoms with Crippen molar-refractivity contribution in [2.45, 2.75) is 237 Å². The van der Waals surface area contributed by atoms with E-state index in [1.165, 1.54) is 14.0 Å². The number of aliphatic hydroxyl groups excluding tert-OH is 3. The maximum atomic E-state index is 14.0. The van der Waals surface area contributed by atoms with Crippen molar-refractivity contribution in [3.05, 3.63) is 11.8 Å². The topological polar surface area (TPSA) is 333 Å². The van der Waals surface area contributed by atoms with Crippen LogP contribution in [-0.4, -0.2) is 196 Å². The number of amides is 6. The molecule has 0 radical (unpaired) electrons. The number of likely N-dealkylation sites (N-methyl/N-ethyl adjacent to an activating group) is 1. The van der Waals surface area contributed by atoms with Gasteiger partial charge in [-0.2, -0.15) is 0 Å².